The third kappa shape index (κ3) is 13.9. The zero-order chi connectivity index (χ0) is 49.9. The summed E-state index contributed by atoms with van der Waals surface area (Å²) in [6.07, 6.45) is 12.4. The molecule has 0 atom stereocenters. The minimum atomic E-state index is -4.79. The van der Waals surface area contributed by atoms with E-state index in [4.69, 9.17) is 4.74 Å². The first kappa shape index (κ1) is 56.4. The van der Waals surface area contributed by atoms with E-state index >= 15 is 0 Å². The van der Waals surface area contributed by atoms with Gasteiger partial charge in [-0.15, -0.1) is 0 Å². The molecular formula is C48H61N2NaO14S4. The van der Waals surface area contributed by atoms with Crippen molar-refractivity contribution < 1.29 is 97.3 Å². The van der Waals surface area contributed by atoms with Gasteiger partial charge in [0, 0.05) is 54.1 Å². The van der Waals surface area contributed by atoms with E-state index in [1.807, 2.05) is 85.7 Å². The van der Waals surface area contributed by atoms with Gasteiger partial charge in [0.05, 0.1) is 33.3 Å². The van der Waals surface area contributed by atoms with Gasteiger partial charge in [0.2, 0.25) is 5.69 Å². The molecule has 2 heterocycles. The third-order valence-corrected chi connectivity index (χ3v) is 16.0. The number of unbranched alkanes of at least 4 members (excludes halogenated alkanes) is 3. The van der Waals surface area contributed by atoms with E-state index in [9.17, 15) is 57.0 Å². The fourth-order valence-corrected chi connectivity index (χ4v) is 11.5. The molecule has 0 unspecified atom stereocenters. The summed E-state index contributed by atoms with van der Waals surface area (Å²) >= 11 is 0. The van der Waals surface area contributed by atoms with Crippen molar-refractivity contribution in [2.45, 2.75) is 106 Å². The second-order valence-electron chi connectivity index (χ2n) is 18.3. The summed E-state index contributed by atoms with van der Waals surface area (Å²) in [6.45, 7) is 8.82. The van der Waals surface area contributed by atoms with Crippen LogP contribution in [0.25, 0.3) is 5.57 Å². The smallest absolute Gasteiger partial charge is 1.00 e. The molecule has 0 saturated heterocycles. The first-order valence-electron chi connectivity index (χ1n) is 22.4. The van der Waals surface area contributed by atoms with Crippen LogP contribution in [-0.4, -0.2) is 105 Å². The molecule has 3 aliphatic rings. The van der Waals surface area contributed by atoms with Crippen molar-refractivity contribution >= 4 is 63.1 Å². The van der Waals surface area contributed by atoms with Gasteiger partial charge in [-0.2, -0.15) is 29.8 Å². The summed E-state index contributed by atoms with van der Waals surface area (Å²) in [5.74, 6) is -0.227. The largest absolute Gasteiger partial charge is 1.00 e. The van der Waals surface area contributed by atoms with Crippen molar-refractivity contribution in [2.75, 3.05) is 42.7 Å². The molecule has 1 aliphatic carbocycles. The molecule has 3 aromatic carbocycles. The van der Waals surface area contributed by atoms with Crippen molar-refractivity contribution in [2.24, 2.45) is 0 Å². The normalized spacial score (nSPS) is 18.3. The molecule has 0 bridgehead atoms. The summed E-state index contributed by atoms with van der Waals surface area (Å²) in [5.41, 5.74) is 6.22. The Morgan fingerprint density at radius 3 is 2.07 bits per heavy atom. The summed E-state index contributed by atoms with van der Waals surface area (Å²) < 4.78 is 144. The van der Waals surface area contributed by atoms with Gasteiger partial charge in [-0.25, -0.2) is 8.42 Å². The SMILES string of the molecule is CC1(C)C(=CC=C2CCCC(C=CC3=[N+](CCCCS(=O)(=O)O)c4ccc(S(=O)(=O)[O-])cc4C3(C)C)=C2c2cccc(OCCCCO)c2)N(CCCCS(=O)(=O)O)c2ccc(S(=O)(=O)O)cc21.[H-].[Na+]. The molecule has 0 fully saturated rings. The summed E-state index contributed by atoms with van der Waals surface area (Å²) in [5, 5.41) is 9.33. The van der Waals surface area contributed by atoms with E-state index in [-0.39, 0.29) is 60.2 Å². The van der Waals surface area contributed by atoms with Crippen LogP contribution in [0.4, 0.5) is 11.4 Å². The van der Waals surface area contributed by atoms with Gasteiger partial charge in [0.15, 0.2) is 5.71 Å². The van der Waals surface area contributed by atoms with Crippen molar-refractivity contribution in [1.82, 2.24) is 0 Å². The Labute approximate surface area is 430 Å². The van der Waals surface area contributed by atoms with Gasteiger partial charge in [0.1, 0.15) is 22.4 Å². The molecule has 0 spiro atoms. The minimum Gasteiger partial charge on any atom is -1.00 e. The van der Waals surface area contributed by atoms with Crippen LogP contribution in [0.3, 0.4) is 0 Å². The Morgan fingerprint density at radius 1 is 0.754 bits per heavy atom. The Balaban J connectivity index is 0.00000533. The first-order valence-corrected chi connectivity index (χ1v) is 28.5. The molecule has 2 aliphatic heterocycles. The van der Waals surface area contributed by atoms with E-state index in [0.29, 0.717) is 86.5 Å². The van der Waals surface area contributed by atoms with Crippen LogP contribution < -0.4 is 39.2 Å². The molecule has 0 aromatic heterocycles. The van der Waals surface area contributed by atoms with Crippen LogP contribution in [0.15, 0.2) is 112 Å². The molecule has 69 heavy (non-hydrogen) atoms. The van der Waals surface area contributed by atoms with Crippen molar-refractivity contribution in [1.29, 1.82) is 0 Å². The molecule has 0 saturated carbocycles. The van der Waals surface area contributed by atoms with E-state index in [1.165, 1.54) is 24.3 Å². The van der Waals surface area contributed by atoms with Gasteiger partial charge in [-0.3, -0.25) is 13.7 Å². The van der Waals surface area contributed by atoms with Crippen LogP contribution in [-0.2, 0) is 51.3 Å². The molecule has 372 valence electrons. The Morgan fingerprint density at radius 2 is 1.42 bits per heavy atom. The number of anilines is 1. The summed E-state index contributed by atoms with van der Waals surface area (Å²) in [6, 6.07) is 16.3. The number of aliphatic hydroxyl groups excluding tert-OH is 1. The Bertz CT molecular complexity index is 3050. The Hall–Kier alpha value is -3.51. The molecule has 0 radical (unpaired) electrons. The molecule has 0 amide bonds. The zero-order valence-corrected chi connectivity index (χ0v) is 44.9. The van der Waals surface area contributed by atoms with Crippen LogP contribution in [0.2, 0.25) is 0 Å². The molecule has 6 rings (SSSR count). The average Bonchev–Trinajstić information content (AvgIpc) is 3.59. The fourth-order valence-electron chi connectivity index (χ4n) is 9.35. The number of aliphatic hydroxyl groups is 1. The van der Waals surface area contributed by atoms with E-state index < -0.39 is 62.8 Å². The maximum Gasteiger partial charge on any atom is 1.00 e. The number of fused-ring (bicyclic) bond motifs is 2. The van der Waals surface area contributed by atoms with Crippen molar-refractivity contribution in [3.05, 3.63) is 119 Å². The van der Waals surface area contributed by atoms with Gasteiger partial charge >= 0.3 is 29.6 Å². The number of rotatable bonds is 21. The van der Waals surface area contributed by atoms with Crippen LogP contribution in [0, 0.1) is 0 Å². The molecule has 3 aromatic rings. The quantitative estimate of drug-likeness (QED) is 0.0492. The second kappa shape index (κ2) is 22.5. The number of nitrogens with zero attached hydrogens (tertiary/aromatic N) is 2. The second-order valence-corrected chi connectivity index (χ2v) is 24.3. The van der Waals surface area contributed by atoms with E-state index in [0.717, 1.165) is 40.1 Å². The van der Waals surface area contributed by atoms with Crippen molar-refractivity contribution in [3.8, 4) is 5.75 Å². The zero-order valence-electron chi connectivity index (χ0n) is 40.6. The minimum absolute atomic E-state index is 0. The van der Waals surface area contributed by atoms with E-state index in [1.54, 1.807) is 12.1 Å². The summed E-state index contributed by atoms with van der Waals surface area (Å²) in [4.78, 5) is 1.37. The fraction of sp³-hybridized carbons (Fsp3) is 0.438. The maximum atomic E-state index is 12.3. The first-order chi connectivity index (χ1) is 31.7. The van der Waals surface area contributed by atoms with Crippen LogP contribution in [0.5, 0.6) is 5.75 Å². The molecular weight excluding hydrogens is 980 g/mol. The Kier molecular flexibility index (Phi) is 18.4. The predicted octanol–water partition coefficient (Wildman–Crippen LogP) is 4.62. The molecule has 16 nitrogen and oxygen atoms in total. The third-order valence-electron chi connectivity index (χ3n) is 12.7. The van der Waals surface area contributed by atoms with Crippen molar-refractivity contribution in [3.63, 3.8) is 0 Å². The number of hydrogen-bond acceptors (Lipinski definition) is 12. The van der Waals surface area contributed by atoms with Crippen LogP contribution >= 0.6 is 0 Å². The molecule has 4 N–H and O–H groups in total. The summed E-state index contributed by atoms with van der Waals surface area (Å²) in [7, 11) is -17.7. The van der Waals surface area contributed by atoms with Gasteiger partial charge in [-0.05, 0) is 142 Å². The van der Waals surface area contributed by atoms with Gasteiger partial charge < -0.3 is 20.7 Å². The monoisotopic (exact) mass is 1040 g/mol. The number of hydrogen-bond donors (Lipinski definition) is 4. The van der Waals surface area contributed by atoms with Crippen LogP contribution in [0.1, 0.15) is 104 Å². The number of ether oxygens (including phenoxy) is 1. The average molecular weight is 1040 g/mol. The maximum absolute atomic E-state index is 12.3. The number of allylic oxidation sites excluding steroid dienone is 8. The van der Waals surface area contributed by atoms with E-state index in [2.05, 4.69) is 0 Å². The molecule has 21 heteroatoms. The van der Waals surface area contributed by atoms with Gasteiger partial charge in [0.25, 0.3) is 30.4 Å². The number of benzene rings is 3. The topological polar surface area (TPSA) is 256 Å². The predicted molar refractivity (Wildman–Crippen MR) is 261 cm³/mol. The van der Waals surface area contributed by atoms with Gasteiger partial charge in [-0.1, -0.05) is 38.1 Å². The standard InChI is InChI=1S/C48H60N2O14S4.Na.H/c1-47(2)40-32-38(67(58,59)60)19-21-42(40)49(25-5-9-29-65(52,53)54)44(47)23-17-34-13-11-14-35(46(34)36-15-12-16-37(31-36)64-28-8-7-27-51)18-24-45-48(3,4)41-33-39(68(61,62)63)20-22-43(41)50(45)26-6-10-30-66(55,56)57;;/h12,15-24,31-33,51H,5-11,13-14,25-30H2,1-4H3,(H3-,52,53,54,55,56,57,58,59,60,61,62,63);;/q;+1;-1.